The van der Waals surface area contributed by atoms with Crippen molar-refractivity contribution < 1.29 is 14.3 Å². The van der Waals surface area contributed by atoms with E-state index in [1.165, 1.54) is 11.8 Å². The molecule has 1 heterocycles. The molecule has 190 valence electrons. The zero-order valence-electron chi connectivity index (χ0n) is 21.2. The van der Waals surface area contributed by atoms with Gasteiger partial charge in [0.25, 0.3) is 5.91 Å². The Morgan fingerprint density at radius 1 is 1.17 bits per heavy atom. The Bertz CT molecular complexity index is 1190. The van der Waals surface area contributed by atoms with E-state index < -0.39 is 0 Å². The largest absolute Gasteiger partial charge is 0.495 e. The second-order valence-corrected chi connectivity index (χ2v) is 9.74. The predicted octanol–water partition coefficient (Wildman–Crippen LogP) is 5.03. The van der Waals surface area contributed by atoms with Gasteiger partial charge in [-0.25, -0.2) is 0 Å². The molecule has 3 aromatic rings. The highest BCUT2D eigenvalue weighted by atomic mass is 32.2. The molecule has 0 saturated carbocycles. The van der Waals surface area contributed by atoms with Crippen LogP contribution in [0.3, 0.4) is 0 Å². The number of anilines is 1. The number of benzene rings is 2. The lowest BCUT2D eigenvalue weighted by Crippen LogP contribution is -2.31. The second kappa shape index (κ2) is 12.9. The molecule has 1 unspecified atom stereocenters. The van der Waals surface area contributed by atoms with Crippen molar-refractivity contribution in [3.05, 3.63) is 78.1 Å². The minimum atomic E-state index is -0.343. The molecular weight excluding hydrogens is 474 g/mol. The Balaban J connectivity index is 1.77. The van der Waals surface area contributed by atoms with E-state index in [1.54, 1.807) is 25.3 Å². The molecule has 3 rings (SSSR count). The van der Waals surface area contributed by atoms with Gasteiger partial charge in [0, 0.05) is 12.1 Å². The van der Waals surface area contributed by atoms with E-state index in [0.29, 0.717) is 46.9 Å². The summed E-state index contributed by atoms with van der Waals surface area (Å²) in [4.78, 5) is 25.6. The Hall–Kier alpha value is -3.59. The number of carbonyl (C=O) groups is 2. The SMILES string of the molecule is C=CCn1c(SCC(=O)Nc2cc(C)ccc2OC)nnc1C(CC(C)C)NC(=O)c1ccccc1. The van der Waals surface area contributed by atoms with Crippen LogP contribution in [0.5, 0.6) is 5.75 Å². The van der Waals surface area contributed by atoms with E-state index in [1.807, 2.05) is 47.9 Å². The van der Waals surface area contributed by atoms with Gasteiger partial charge in [-0.2, -0.15) is 0 Å². The molecule has 0 aliphatic rings. The second-order valence-electron chi connectivity index (χ2n) is 8.80. The van der Waals surface area contributed by atoms with E-state index in [9.17, 15) is 9.59 Å². The molecule has 1 atom stereocenters. The molecule has 0 saturated heterocycles. The van der Waals surface area contributed by atoms with Crippen molar-refractivity contribution in [3.63, 3.8) is 0 Å². The molecule has 0 spiro atoms. The van der Waals surface area contributed by atoms with Gasteiger partial charge in [-0.1, -0.05) is 56.0 Å². The van der Waals surface area contributed by atoms with Gasteiger partial charge in [0.1, 0.15) is 5.75 Å². The molecule has 2 amide bonds. The van der Waals surface area contributed by atoms with Gasteiger partial charge >= 0.3 is 0 Å². The van der Waals surface area contributed by atoms with E-state index in [4.69, 9.17) is 4.74 Å². The number of aromatic nitrogens is 3. The first-order valence-corrected chi connectivity index (χ1v) is 12.8. The van der Waals surface area contributed by atoms with Gasteiger partial charge in [-0.05, 0) is 49.1 Å². The number of rotatable bonds is 12. The van der Waals surface area contributed by atoms with Crippen LogP contribution in [-0.4, -0.2) is 39.4 Å². The topological polar surface area (TPSA) is 98.1 Å². The fraction of sp³-hybridized carbons (Fsp3) is 0.333. The number of nitrogens with one attached hydrogen (secondary N) is 2. The fourth-order valence-corrected chi connectivity index (χ4v) is 4.49. The molecule has 0 aliphatic heterocycles. The van der Waals surface area contributed by atoms with Crippen molar-refractivity contribution in [2.24, 2.45) is 5.92 Å². The molecule has 1 aromatic heterocycles. The molecule has 0 bridgehead atoms. The predicted molar refractivity (Wildman–Crippen MR) is 143 cm³/mol. The lowest BCUT2D eigenvalue weighted by molar-refractivity contribution is -0.113. The standard InChI is InChI=1S/C27H33N5O3S/c1-6-14-32-25(22(15-18(2)3)29-26(34)20-10-8-7-9-11-20)30-31-27(32)36-17-24(33)28-21-16-19(4)12-13-23(21)35-5/h6-13,16,18,22H,1,14-15,17H2,2-5H3,(H,28,33)(H,29,34). The van der Waals surface area contributed by atoms with E-state index in [0.717, 1.165) is 5.56 Å². The van der Waals surface area contributed by atoms with Gasteiger partial charge in [-0.15, -0.1) is 16.8 Å². The number of allylic oxidation sites excluding steroid dienone is 1. The number of hydrogen-bond acceptors (Lipinski definition) is 6. The average Bonchev–Trinajstić information content (AvgIpc) is 3.25. The highest BCUT2D eigenvalue weighted by Crippen LogP contribution is 2.27. The molecule has 9 heteroatoms. The third-order valence-electron chi connectivity index (χ3n) is 5.38. The molecule has 0 aliphatic carbocycles. The summed E-state index contributed by atoms with van der Waals surface area (Å²) in [6, 6.07) is 14.4. The van der Waals surface area contributed by atoms with Gasteiger partial charge in [-0.3, -0.25) is 9.59 Å². The first kappa shape index (κ1) is 27.0. The van der Waals surface area contributed by atoms with Crippen LogP contribution in [0.25, 0.3) is 0 Å². The summed E-state index contributed by atoms with van der Waals surface area (Å²) in [6.07, 6.45) is 2.44. The maximum Gasteiger partial charge on any atom is 0.251 e. The van der Waals surface area contributed by atoms with Crippen LogP contribution in [0.2, 0.25) is 0 Å². The maximum atomic E-state index is 12.9. The number of ether oxygens (including phenoxy) is 1. The van der Waals surface area contributed by atoms with Crippen molar-refractivity contribution >= 4 is 29.3 Å². The molecule has 8 nitrogen and oxygen atoms in total. The van der Waals surface area contributed by atoms with Crippen LogP contribution in [0, 0.1) is 12.8 Å². The summed E-state index contributed by atoms with van der Waals surface area (Å²) < 4.78 is 7.25. The summed E-state index contributed by atoms with van der Waals surface area (Å²) in [5.74, 6) is 1.33. The first-order chi connectivity index (χ1) is 17.3. The minimum Gasteiger partial charge on any atom is -0.495 e. The maximum absolute atomic E-state index is 12.9. The Morgan fingerprint density at radius 2 is 1.92 bits per heavy atom. The van der Waals surface area contributed by atoms with E-state index >= 15 is 0 Å². The quantitative estimate of drug-likeness (QED) is 0.264. The van der Waals surface area contributed by atoms with Crippen molar-refractivity contribution in [2.45, 2.75) is 44.9 Å². The molecule has 0 fully saturated rings. The number of methoxy groups -OCH3 is 1. The van der Waals surface area contributed by atoms with Crippen molar-refractivity contribution in [1.29, 1.82) is 0 Å². The number of thioether (sulfide) groups is 1. The van der Waals surface area contributed by atoms with Crippen molar-refractivity contribution in [2.75, 3.05) is 18.2 Å². The lowest BCUT2D eigenvalue weighted by Gasteiger charge is -2.21. The highest BCUT2D eigenvalue weighted by molar-refractivity contribution is 7.99. The molecule has 2 N–H and O–H groups in total. The number of carbonyl (C=O) groups excluding carboxylic acids is 2. The monoisotopic (exact) mass is 507 g/mol. The Morgan fingerprint density at radius 3 is 2.58 bits per heavy atom. The zero-order valence-corrected chi connectivity index (χ0v) is 22.0. The van der Waals surface area contributed by atoms with Crippen LogP contribution in [0.4, 0.5) is 5.69 Å². The van der Waals surface area contributed by atoms with Crippen molar-refractivity contribution in [1.82, 2.24) is 20.1 Å². The molecule has 0 radical (unpaired) electrons. The summed E-state index contributed by atoms with van der Waals surface area (Å²) >= 11 is 1.28. The minimum absolute atomic E-state index is 0.137. The first-order valence-electron chi connectivity index (χ1n) is 11.8. The molecule has 2 aromatic carbocycles. The summed E-state index contributed by atoms with van der Waals surface area (Å²) in [6.45, 7) is 10.4. The average molecular weight is 508 g/mol. The van der Waals surface area contributed by atoms with E-state index in [2.05, 4.69) is 41.3 Å². The molecular formula is C27H33N5O3S. The van der Waals surface area contributed by atoms with Crippen LogP contribution >= 0.6 is 11.8 Å². The third-order valence-corrected chi connectivity index (χ3v) is 6.35. The van der Waals surface area contributed by atoms with Gasteiger partial charge in [0.15, 0.2) is 11.0 Å². The number of amides is 2. The summed E-state index contributed by atoms with van der Waals surface area (Å²) in [5, 5.41) is 15.4. The number of aryl methyl sites for hydroxylation is 1. The van der Waals surface area contributed by atoms with Crippen molar-refractivity contribution in [3.8, 4) is 5.75 Å². The normalized spacial score (nSPS) is 11.7. The smallest absolute Gasteiger partial charge is 0.251 e. The Kier molecular flexibility index (Phi) is 9.69. The fourth-order valence-electron chi connectivity index (χ4n) is 3.73. The third kappa shape index (κ3) is 7.21. The highest BCUT2D eigenvalue weighted by Gasteiger charge is 2.25. The van der Waals surface area contributed by atoms with E-state index in [-0.39, 0.29) is 23.6 Å². The van der Waals surface area contributed by atoms with Crippen LogP contribution in [0.15, 0.2) is 66.3 Å². The summed E-state index contributed by atoms with van der Waals surface area (Å²) in [7, 11) is 1.57. The number of hydrogen-bond donors (Lipinski definition) is 2. The van der Waals surface area contributed by atoms with Gasteiger partial charge in [0.2, 0.25) is 5.91 Å². The van der Waals surface area contributed by atoms with Gasteiger partial charge in [0.05, 0.1) is 24.6 Å². The van der Waals surface area contributed by atoms with Gasteiger partial charge < -0.3 is 19.9 Å². The van der Waals surface area contributed by atoms with Crippen LogP contribution < -0.4 is 15.4 Å². The Labute approximate surface area is 216 Å². The molecule has 36 heavy (non-hydrogen) atoms. The summed E-state index contributed by atoms with van der Waals surface area (Å²) in [5.41, 5.74) is 2.22. The van der Waals surface area contributed by atoms with Crippen LogP contribution in [0.1, 0.15) is 48.1 Å². The zero-order chi connectivity index (χ0) is 26.1. The van der Waals surface area contributed by atoms with Crippen LogP contribution in [-0.2, 0) is 11.3 Å². The number of nitrogens with zero attached hydrogens (tertiary/aromatic N) is 3. The lowest BCUT2D eigenvalue weighted by atomic mass is 10.0.